The molecule has 0 bridgehead atoms. The summed E-state index contributed by atoms with van der Waals surface area (Å²) in [6, 6.07) is 0. The molecule has 0 atom stereocenters. The van der Waals surface area contributed by atoms with E-state index in [9.17, 15) is 0 Å². The van der Waals surface area contributed by atoms with Crippen LogP contribution in [0, 0.1) is 0 Å². The van der Waals surface area contributed by atoms with E-state index < -0.39 is 0 Å². The van der Waals surface area contributed by atoms with Crippen LogP contribution in [0.25, 0.3) is 0 Å². The van der Waals surface area contributed by atoms with E-state index in [0.717, 1.165) is 5.76 Å². The van der Waals surface area contributed by atoms with Crippen LogP contribution in [-0.4, -0.2) is 7.11 Å². The lowest BCUT2D eigenvalue weighted by Crippen LogP contribution is -1.76. The first kappa shape index (κ1) is 10.9. The summed E-state index contributed by atoms with van der Waals surface area (Å²) in [6.45, 7) is 11.4. The predicted molar refractivity (Wildman–Crippen MR) is 42.2 cm³/mol. The van der Waals surface area contributed by atoms with Gasteiger partial charge in [0.25, 0.3) is 0 Å². The van der Waals surface area contributed by atoms with Crippen LogP contribution in [0.15, 0.2) is 37.6 Å². The van der Waals surface area contributed by atoms with Crippen molar-refractivity contribution in [3.05, 3.63) is 37.6 Å². The molecule has 1 nitrogen and oxygen atoms in total. The van der Waals surface area contributed by atoms with Gasteiger partial charge >= 0.3 is 0 Å². The lowest BCUT2D eigenvalue weighted by Gasteiger charge is -1.93. The summed E-state index contributed by atoms with van der Waals surface area (Å²) in [5.74, 6) is 0.819. The molecule has 0 radical (unpaired) electrons. The molecule has 9 heavy (non-hydrogen) atoms. The minimum absolute atomic E-state index is 0.819. The van der Waals surface area contributed by atoms with Crippen LogP contribution in [-0.2, 0) is 4.74 Å². The number of hydrogen-bond acceptors (Lipinski definition) is 1. The highest BCUT2D eigenvalue weighted by atomic mass is 16.5. The topological polar surface area (TPSA) is 9.23 Å². The molecular formula is C8H14O. The van der Waals surface area contributed by atoms with Gasteiger partial charge < -0.3 is 4.74 Å². The fourth-order valence-electron chi connectivity index (χ4n) is 0.319. The van der Waals surface area contributed by atoms with Gasteiger partial charge in [0.1, 0.15) is 5.76 Å². The summed E-state index contributed by atoms with van der Waals surface area (Å²) in [7, 11) is 1.62. The number of rotatable bonds is 2. The maximum atomic E-state index is 4.79. The molecule has 1 heteroatoms. The Labute approximate surface area is 57.3 Å². The van der Waals surface area contributed by atoms with Crippen LogP contribution in [0.4, 0.5) is 0 Å². The molecule has 52 valence electrons. The minimum atomic E-state index is 0.819. The van der Waals surface area contributed by atoms with Crippen LogP contribution in [0.3, 0.4) is 0 Å². The smallest absolute Gasteiger partial charge is 0.114 e. The molecule has 0 spiro atoms. The van der Waals surface area contributed by atoms with Crippen molar-refractivity contribution < 1.29 is 4.74 Å². The summed E-state index contributed by atoms with van der Waals surface area (Å²) in [4.78, 5) is 0. The van der Waals surface area contributed by atoms with Crippen molar-refractivity contribution in [2.75, 3.05) is 7.11 Å². The third-order valence-corrected chi connectivity index (χ3v) is 0.721. The number of allylic oxidation sites excluding steroid dienone is 2. The van der Waals surface area contributed by atoms with Crippen LogP contribution < -0.4 is 0 Å². The molecular weight excluding hydrogens is 112 g/mol. The highest BCUT2D eigenvalue weighted by molar-refractivity contribution is 5.06. The van der Waals surface area contributed by atoms with E-state index in [0.29, 0.717) is 0 Å². The van der Waals surface area contributed by atoms with Crippen LogP contribution >= 0.6 is 0 Å². The van der Waals surface area contributed by atoms with E-state index in [2.05, 4.69) is 19.7 Å². The van der Waals surface area contributed by atoms with E-state index in [-0.39, 0.29) is 0 Å². The fourth-order valence-corrected chi connectivity index (χ4v) is 0.319. The summed E-state index contributed by atoms with van der Waals surface area (Å²) >= 11 is 0. The van der Waals surface area contributed by atoms with Gasteiger partial charge in [-0.25, -0.2) is 0 Å². The molecule has 0 aliphatic rings. The third kappa shape index (κ3) is 7.02. The van der Waals surface area contributed by atoms with Crippen molar-refractivity contribution in [2.45, 2.75) is 6.92 Å². The van der Waals surface area contributed by atoms with E-state index in [4.69, 9.17) is 4.74 Å². The maximum Gasteiger partial charge on any atom is 0.114 e. The Kier molecular flexibility index (Phi) is 12.2. The SMILES string of the molecule is C=C.C=C/C(=C\C)OC. The molecule has 0 fully saturated rings. The van der Waals surface area contributed by atoms with Crippen molar-refractivity contribution in [1.29, 1.82) is 0 Å². The normalized spacial score (nSPS) is 8.89. The highest BCUT2D eigenvalue weighted by Gasteiger charge is 1.77. The monoisotopic (exact) mass is 126 g/mol. The lowest BCUT2D eigenvalue weighted by molar-refractivity contribution is 0.306. The first-order valence-electron chi connectivity index (χ1n) is 2.68. The van der Waals surface area contributed by atoms with Crippen molar-refractivity contribution in [3.8, 4) is 0 Å². The van der Waals surface area contributed by atoms with Crippen LogP contribution in [0.2, 0.25) is 0 Å². The van der Waals surface area contributed by atoms with Gasteiger partial charge in [-0.05, 0) is 19.1 Å². The highest BCUT2D eigenvalue weighted by Crippen LogP contribution is 1.92. The van der Waals surface area contributed by atoms with Gasteiger partial charge in [-0.1, -0.05) is 6.58 Å². The standard InChI is InChI=1S/C6H10O.C2H4/c1-4-6(5-2)7-3;1-2/h4-5H,1H2,2-3H3;1-2H2/b6-5+;. The first-order chi connectivity index (χ1) is 4.35. The zero-order valence-electron chi connectivity index (χ0n) is 6.18. The lowest BCUT2D eigenvalue weighted by atomic mass is 10.5. The molecule has 0 N–H and O–H groups in total. The predicted octanol–water partition coefficient (Wildman–Crippen LogP) is 2.52. The van der Waals surface area contributed by atoms with Gasteiger partial charge in [0.2, 0.25) is 0 Å². The molecule has 0 amide bonds. The van der Waals surface area contributed by atoms with Crippen molar-refractivity contribution in [2.24, 2.45) is 0 Å². The average molecular weight is 126 g/mol. The summed E-state index contributed by atoms with van der Waals surface area (Å²) < 4.78 is 4.79. The van der Waals surface area contributed by atoms with Crippen LogP contribution in [0.5, 0.6) is 0 Å². The van der Waals surface area contributed by atoms with Gasteiger partial charge in [0.05, 0.1) is 7.11 Å². The fraction of sp³-hybridized carbons (Fsp3) is 0.250. The maximum absolute atomic E-state index is 4.79. The van der Waals surface area contributed by atoms with Gasteiger partial charge in [0.15, 0.2) is 0 Å². The van der Waals surface area contributed by atoms with Gasteiger partial charge in [-0.15, -0.1) is 13.2 Å². The largest absolute Gasteiger partial charge is 0.497 e. The number of hydrogen-bond donors (Lipinski definition) is 0. The average Bonchev–Trinajstić information content (AvgIpc) is 1.96. The summed E-state index contributed by atoms with van der Waals surface area (Å²) in [5.41, 5.74) is 0. The Hall–Kier alpha value is -0.980. The molecule has 0 aromatic heterocycles. The van der Waals surface area contributed by atoms with Gasteiger partial charge in [-0.2, -0.15) is 0 Å². The van der Waals surface area contributed by atoms with E-state index in [1.807, 2.05) is 13.0 Å². The second kappa shape index (κ2) is 10.1. The first-order valence-corrected chi connectivity index (χ1v) is 2.68. The zero-order chi connectivity index (χ0) is 7.70. The number of ether oxygens (including phenoxy) is 1. The molecule has 0 aliphatic carbocycles. The molecule has 0 saturated carbocycles. The Balaban J connectivity index is 0. The van der Waals surface area contributed by atoms with E-state index in [1.54, 1.807) is 13.2 Å². The van der Waals surface area contributed by atoms with E-state index >= 15 is 0 Å². The van der Waals surface area contributed by atoms with Gasteiger partial charge in [0, 0.05) is 0 Å². The summed E-state index contributed by atoms with van der Waals surface area (Å²) in [5, 5.41) is 0. The molecule has 0 unspecified atom stereocenters. The molecule has 0 heterocycles. The second-order valence-corrected chi connectivity index (χ2v) is 1.10. The zero-order valence-corrected chi connectivity index (χ0v) is 6.18. The van der Waals surface area contributed by atoms with Crippen molar-refractivity contribution in [1.82, 2.24) is 0 Å². The van der Waals surface area contributed by atoms with Crippen LogP contribution in [0.1, 0.15) is 6.92 Å². The van der Waals surface area contributed by atoms with Crippen molar-refractivity contribution in [3.63, 3.8) is 0 Å². The quantitative estimate of drug-likeness (QED) is 0.314. The Bertz CT molecular complexity index is 92.7. The van der Waals surface area contributed by atoms with Gasteiger partial charge in [-0.3, -0.25) is 0 Å². The summed E-state index contributed by atoms with van der Waals surface area (Å²) in [6.07, 6.45) is 3.52. The molecule has 0 aromatic carbocycles. The van der Waals surface area contributed by atoms with E-state index in [1.165, 1.54) is 0 Å². The molecule has 0 aliphatic heterocycles. The molecule has 0 aromatic rings. The molecule has 0 saturated heterocycles. The Morgan fingerprint density at radius 2 is 1.89 bits per heavy atom. The van der Waals surface area contributed by atoms with Crippen molar-refractivity contribution >= 4 is 0 Å². The molecule has 0 rings (SSSR count). The number of methoxy groups -OCH3 is 1. The Morgan fingerprint density at radius 3 is 1.89 bits per heavy atom. The minimum Gasteiger partial charge on any atom is -0.497 e. The Morgan fingerprint density at radius 1 is 1.44 bits per heavy atom. The third-order valence-electron chi connectivity index (χ3n) is 0.721. The second-order valence-electron chi connectivity index (χ2n) is 1.10.